The van der Waals surface area contributed by atoms with Crippen LogP contribution in [0.3, 0.4) is 0 Å². The fourth-order valence-corrected chi connectivity index (χ4v) is 2.69. The van der Waals surface area contributed by atoms with E-state index in [1.807, 2.05) is 0 Å². The van der Waals surface area contributed by atoms with E-state index in [2.05, 4.69) is 0 Å². The summed E-state index contributed by atoms with van der Waals surface area (Å²) < 4.78 is 70.8. The number of rotatable bonds is 1. The van der Waals surface area contributed by atoms with E-state index in [1.54, 1.807) is 0 Å². The average molecular weight is 294 g/mol. The standard InChI is InChI=1S/C14H15F5O/c1-7-9(4-5-11(15)12(7)16)10-6-20-13(3,8(10)2)14(17,18)19/h4-5,8,10H,6H2,1-3H3/t8-,10+,13+/m0/s1. The third-order valence-corrected chi connectivity index (χ3v) is 4.38. The van der Waals surface area contributed by atoms with Crippen LogP contribution in [0.25, 0.3) is 0 Å². The summed E-state index contributed by atoms with van der Waals surface area (Å²) in [5.41, 5.74) is -1.86. The van der Waals surface area contributed by atoms with Crippen molar-refractivity contribution in [3.63, 3.8) is 0 Å². The largest absolute Gasteiger partial charge is 0.417 e. The minimum absolute atomic E-state index is 0.0388. The average Bonchev–Trinajstić information content (AvgIpc) is 2.65. The Labute approximate surface area is 113 Å². The lowest BCUT2D eigenvalue weighted by Gasteiger charge is -2.32. The van der Waals surface area contributed by atoms with Crippen molar-refractivity contribution in [3.05, 3.63) is 34.9 Å². The molecule has 1 nitrogen and oxygen atoms in total. The molecule has 0 saturated carbocycles. The van der Waals surface area contributed by atoms with Crippen LogP contribution >= 0.6 is 0 Å². The quantitative estimate of drug-likeness (QED) is 0.700. The third kappa shape index (κ3) is 2.10. The van der Waals surface area contributed by atoms with Gasteiger partial charge in [-0.25, -0.2) is 8.78 Å². The molecule has 0 radical (unpaired) electrons. The SMILES string of the molecule is Cc1c([C@@H]2CO[C@@](C)(C(F)(F)F)[C@H]2C)ccc(F)c1F. The molecule has 1 saturated heterocycles. The van der Waals surface area contributed by atoms with Gasteiger partial charge in [0.25, 0.3) is 0 Å². The first-order chi connectivity index (χ1) is 9.09. The van der Waals surface area contributed by atoms with Crippen molar-refractivity contribution in [1.29, 1.82) is 0 Å². The van der Waals surface area contributed by atoms with Gasteiger partial charge in [0.05, 0.1) is 6.61 Å². The maximum absolute atomic E-state index is 13.6. The lowest BCUT2D eigenvalue weighted by Crippen LogP contribution is -2.46. The first-order valence-corrected chi connectivity index (χ1v) is 6.24. The molecule has 0 N–H and O–H groups in total. The van der Waals surface area contributed by atoms with Gasteiger partial charge in [0.1, 0.15) is 0 Å². The Morgan fingerprint density at radius 3 is 2.35 bits per heavy atom. The Morgan fingerprint density at radius 2 is 1.85 bits per heavy atom. The van der Waals surface area contributed by atoms with Crippen LogP contribution in [-0.4, -0.2) is 18.4 Å². The summed E-state index contributed by atoms with van der Waals surface area (Å²) in [6.45, 7) is 3.62. The van der Waals surface area contributed by atoms with E-state index in [0.29, 0.717) is 5.56 Å². The Hall–Kier alpha value is -1.17. The molecule has 112 valence electrons. The topological polar surface area (TPSA) is 9.23 Å². The van der Waals surface area contributed by atoms with Crippen LogP contribution in [0.2, 0.25) is 0 Å². The zero-order chi connectivity index (χ0) is 15.3. The fourth-order valence-electron chi connectivity index (χ4n) is 2.69. The molecule has 1 fully saturated rings. The molecule has 6 heteroatoms. The zero-order valence-corrected chi connectivity index (χ0v) is 11.3. The molecule has 3 atom stereocenters. The first-order valence-electron chi connectivity index (χ1n) is 6.24. The minimum atomic E-state index is -4.51. The third-order valence-electron chi connectivity index (χ3n) is 4.38. The van der Waals surface area contributed by atoms with Gasteiger partial charge in [-0.15, -0.1) is 0 Å². The normalized spacial score (nSPS) is 30.8. The maximum atomic E-state index is 13.6. The van der Waals surface area contributed by atoms with Gasteiger partial charge < -0.3 is 4.74 Å². The van der Waals surface area contributed by atoms with Crippen molar-refractivity contribution >= 4 is 0 Å². The van der Waals surface area contributed by atoms with Crippen molar-refractivity contribution in [2.45, 2.75) is 38.5 Å². The molecule has 1 aromatic carbocycles. The second-order valence-electron chi connectivity index (χ2n) is 5.39. The molecule has 0 aromatic heterocycles. The van der Waals surface area contributed by atoms with E-state index < -0.39 is 35.2 Å². The van der Waals surface area contributed by atoms with Crippen LogP contribution < -0.4 is 0 Å². The highest BCUT2D eigenvalue weighted by Crippen LogP contribution is 2.50. The van der Waals surface area contributed by atoms with Crippen LogP contribution in [0.5, 0.6) is 0 Å². The van der Waals surface area contributed by atoms with Crippen molar-refractivity contribution in [3.8, 4) is 0 Å². The number of ether oxygens (including phenoxy) is 1. The molecule has 0 amide bonds. The zero-order valence-electron chi connectivity index (χ0n) is 11.3. The van der Waals surface area contributed by atoms with Crippen LogP contribution in [0, 0.1) is 24.5 Å². The lowest BCUT2D eigenvalue weighted by molar-refractivity contribution is -0.266. The van der Waals surface area contributed by atoms with Crippen molar-refractivity contribution in [1.82, 2.24) is 0 Å². The van der Waals surface area contributed by atoms with Gasteiger partial charge in [-0.2, -0.15) is 13.2 Å². The van der Waals surface area contributed by atoms with Gasteiger partial charge in [-0.3, -0.25) is 0 Å². The Morgan fingerprint density at radius 1 is 1.25 bits per heavy atom. The number of alkyl halides is 3. The van der Waals surface area contributed by atoms with Gasteiger partial charge in [-0.1, -0.05) is 13.0 Å². The summed E-state index contributed by atoms with van der Waals surface area (Å²) in [6, 6.07) is 2.27. The molecule has 1 heterocycles. The summed E-state index contributed by atoms with van der Waals surface area (Å²) in [5, 5.41) is 0. The van der Waals surface area contributed by atoms with Gasteiger partial charge >= 0.3 is 6.18 Å². The molecular formula is C14H15F5O. The van der Waals surface area contributed by atoms with Gasteiger partial charge in [0, 0.05) is 11.8 Å². The summed E-state index contributed by atoms with van der Waals surface area (Å²) in [4.78, 5) is 0. The minimum Gasteiger partial charge on any atom is -0.365 e. The van der Waals surface area contributed by atoms with E-state index in [1.165, 1.54) is 19.9 Å². The number of hydrogen-bond donors (Lipinski definition) is 0. The summed E-state index contributed by atoms with van der Waals surface area (Å²) in [6.07, 6.45) is -4.51. The molecule has 1 aromatic rings. The molecule has 2 rings (SSSR count). The Balaban J connectivity index is 2.40. The van der Waals surface area contributed by atoms with Gasteiger partial charge in [-0.05, 0) is 31.0 Å². The number of halogens is 5. The first kappa shape index (κ1) is 15.2. The van der Waals surface area contributed by atoms with E-state index >= 15 is 0 Å². The van der Waals surface area contributed by atoms with Crippen LogP contribution in [0.1, 0.15) is 30.9 Å². The fraction of sp³-hybridized carbons (Fsp3) is 0.571. The predicted molar refractivity (Wildman–Crippen MR) is 63.4 cm³/mol. The highest BCUT2D eigenvalue weighted by atomic mass is 19.4. The molecule has 0 unspecified atom stereocenters. The van der Waals surface area contributed by atoms with Crippen molar-refractivity contribution in [2.24, 2.45) is 5.92 Å². The van der Waals surface area contributed by atoms with Crippen LogP contribution in [0.4, 0.5) is 22.0 Å². The molecule has 1 aliphatic rings. The lowest BCUT2D eigenvalue weighted by atomic mass is 9.78. The molecule has 0 aliphatic carbocycles. The summed E-state index contributed by atoms with van der Waals surface area (Å²) in [5.74, 6) is -3.52. The summed E-state index contributed by atoms with van der Waals surface area (Å²) >= 11 is 0. The number of hydrogen-bond acceptors (Lipinski definition) is 1. The van der Waals surface area contributed by atoms with E-state index in [9.17, 15) is 22.0 Å². The van der Waals surface area contributed by atoms with Crippen LogP contribution in [0.15, 0.2) is 12.1 Å². The van der Waals surface area contributed by atoms with Gasteiger partial charge in [0.2, 0.25) is 0 Å². The van der Waals surface area contributed by atoms with E-state index in [0.717, 1.165) is 13.0 Å². The molecule has 0 bridgehead atoms. The van der Waals surface area contributed by atoms with E-state index in [-0.39, 0.29) is 12.2 Å². The van der Waals surface area contributed by atoms with Gasteiger partial charge in [0.15, 0.2) is 17.2 Å². The molecule has 0 spiro atoms. The van der Waals surface area contributed by atoms with Crippen molar-refractivity contribution in [2.75, 3.05) is 6.61 Å². The second kappa shape index (κ2) is 4.69. The van der Waals surface area contributed by atoms with E-state index in [4.69, 9.17) is 4.74 Å². The molecule has 1 aliphatic heterocycles. The maximum Gasteiger partial charge on any atom is 0.417 e. The predicted octanol–water partition coefficient (Wildman–Crippen LogP) is 4.34. The number of benzene rings is 1. The Bertz CT molecular complexity index is 525. The molecular weight excluding hydrogens is 279 g/mol. The highest BCUT2D eigenvalue weighted by molar-refractivity contribution is 5.33. The van der Waals surface area contributed by atoms with Crippen molar-refractivity contribution < 1.29 is 26.7 Å². The monoisotopic (exact) mass is 294 g/mol. The van der Waals surface area contributed by atoms with Crippen LogP contribution in [-0.2, 0) is 4.74 Å². The highest BCUT2D eigenvalue weighted by Gasteiger charge is 2.61. The molecule has 20 heavy (non-hydrogen) atoms. The summed E-state index contributed by atoms with van der Waals surface area (Å²) in [7, 11) is 0. The smallest absolute Gasteiger partial charge is 0.365 e. The Kier molecular flexibility index (Phi) is 3.57. The second-order valence-corrected chi connectivity index (χ2v) is 5.39.